The smallest absolute Gasteiger partial charge is 0.0468 e. The summed E-state index contributed by atoms with van der Waals surface area (Å²) in [6.07, 6.45) is 0. The highest BCUT2D eigenvalue weighted by Crippen LogP contribution is 2.40. The molecule has 254 valence electrons. The van der Waals surface area contributed by atoms with Gasteiger partial charge in [0.05, 0.1) is 0 Å². The van der Waals surface area contributed by atoms with Gasteiger partial charge in [0.15, 0.2) is 0 Å². The molecule has 0 heterocycles. The Morgan fingerprint density at radius 2 is 0.519 bits per heavy atom. The summed E-state index contributed by atoms with van der Waals surface area (Å²) in [7, 11) is 0. The Hall–Kier alpha value is -7.16. The quantitative estimate of drug-likeness (QED) is 0.154. The molecule has 54 heavy (non-hydrogen) atoms. The summed E-state index contributed by atoms with van der Waals surface area (Å²) in [4.78, 5) is 4.68. The monoisotopic (exact) mass is 688 g/mol. The third-order valence-electron chi connectivity index (χ3n) is 10.6. The Morgan fingerprint density at radius 3 is 0.944 bits per heavy atom. The van der Waals surface area contributed by atoms with Gasteiger partial charge in [-0.2, -0.15) is 0 Å². The summed E-state index contributed by atoms with van der Waals surface area (Å²) in [6, 6.07) is 78.8. The molecule has 10 aromatic carbocycles. The summed E-state index contributed by atoms with van der Waals surface area (Å²) in [5.41, 5.74) is 9.07. The van der Waals surface area contributed by atoms with Crippen molar-refractivity contribution in [1.82, 2.24) is 0 Å². The molecular formula is C52H36N2. The number of hydrogen-bond acceptors (Lipinski definition) is 2. The van der Waals surface area contributed by atoms with Crippen molar-refractivity contribution in [1.29, 1.82) is 0 Å². The number of nitrogens with zero attached hydrogens (tertiary/aromatic N) is 2. The van der Waals surface area contributed by atoms with Gasteiger partial charge in [-0.3, -0.25) is 0 Å². The van der Waals surface area contributed by atoms with E-state index in [4.69, 9.17) is 0 Å². The molecule has 0 aliphatic heterocycles. The highest BCUT2D eigenvalue weighted by molar-refractivity contribution is 6.09. The number of benzene rings is 10. The van der Waals surface area contributed by atoms with Crippen molar-refractivity contribution in [2.75, 3.05) is 9.80 Å². The van der Waals surface area contributed by atoms with Crippen LogP contribution in [0.3, 0.4) is 0 Å². The Labute approximate surface area is 315 Å². The molecule has 10 rings (SSSR count). The van der Waals surface area contributed by atoms with Gasteiger partial charge in [0, 0.05) is 34.1 Å². The Bertz CT molecular complexity index is 2710. The maximum Gasteiger partial charge on any atom is 0.0468 e. The maximum absolute atomic E-state index is 2.34. The van der Waals surface area contributed by atoms with Gasteiger partial charge in [0.25, 0.3) is 0 Å². The number of rotatable bonds is 7. The van der Waals surface area contributed by atoms with Gasteiger partial charge in [-0.1, -0.05) is 146 Å². The largest absolute Gasteiger partial charge is 0.310 e. The molecule has 2 heteroatoms. The van der Waals surface area contributed by atoms with Gasteiger partial charge in [-0.25, -0.2) is 0 Å². The lowest BCUT2D eigenvalue weighted by Crippen LogP contribution is -2.10. The van der Waals surface area contributed by atoms with Gasteiger partial charge >= 0.3 is 0 Å². The van der Waals surface area contributed by atoms with Crippen molar-refractivity contribution in [3.63, 3.8) is 0 Å². The minimum absolute atomic E-state index is 1.11. The fraction of sp³-hybridized carbons (Fsp3) is 0. The van der Waals surface area contributed by atoms with Crippen LogP contribution < -0.4 is 9.80 Å². The number of fused-ring (bicyclic) bond motifs is 6. The Balaban J connectivity index is 0.987. The fourth-order valence-electron chi connectivity index (χ4n) is 7.93. The SMILES string of the molecule is c1ccc(N(c2ccc(-c3ccc(N(c4ccccc4)c4ccc5c(ccc6ccccc65)c4)cc3)cc2)c2ccc3c(ccc4ccccc43)c2)cc1. The highest BCUT2D eigenvalue weighted by atomic mass is 15.1. The molecule has 0 saturated heterocycles. The first-order chi connectivity index (χ1) is 26.8. The van der Waals surface area contributed by atoms with Gasteiger partial charge < -0.3 is 9.80 Å². The molecular weight excluding hydrogens is 653 g/mol. The van der Waals surface area contributed by atoms with Crippen molar-refractivity contribution in [3.8, 4) is 11.1 Å². The second kappa shape index (κ2) is 13.4. The molecule has 10 aromatic rings. The first-order valence-corrected chi connectivity index (χ1v) is 18.5. The molecule has 0 bridgehead atoms. The lowest BCUT2D eigenvalue weighted by Gasteiger charge is -2.26. The minimum atomic E-state index is 1.11. The predicted octanol–water partition coefficient (Wildman–Crippen LogP) is 14.9. The van der Waals surface area contributed by atoms with Gasteiger partial charge in [-0.15, -0.1) is 0 Å². The summed E-state index contributed by atoms with van der Waals surface area (Å²) < 4.78 is 0. The van der Waals surface area contributed by atoms with Gasteiger partial charge in [0.2, 0.25) is 0 Å². The van der Waals surface area contributed by atoms with Crippen molar-refractivity contribution in [3.05, 3.63) is 218 Å². The minimum Gasteiger partial charge on any atom is -0.310 e. The van der Waals surface area contributed by atoms with Crippen LogP contribution in [0.1, 0.15) is 0 Å². The third-order valence-corrected chi connectivity index (χ3v) is 10.6. The van der Waals surface area contributed by atoms with Crippen molar-refractivity contribution in [2.24, 2.45) is 0 Å². The summed E-state index contributed by atoms with van der Waals surface area (Å²) in [6.45, 7) is 0. The van der Waals surface area contributed by atoms with Gasteiger partial charge in [0.1, 0.15) is 0 Å². The normalized spacial score (nSPS) is 11.3. The predicted molar refractivity (Wildman–Crippen MR) is 231 cm³/mol. The topological polar surface area (TPSA) is 6.48 Å². The third kappa shape index (κ3) is 5.71. The zero-order chi connectivity index (χ0) is 35.8. The van der Waals surface area contributed by atoms with Crippen LogP contribution in [0.4, 0.5) is 34.1 Å². The van der Waals surface area contributed by atoms with E-state index in [0.29, 0.717) is 0 Å². The fourth-order valence-corrected chi connectivity index (χ4v) is 7.93. The van der Waals surface area contributed by atoms with Crippen LogP contribution >= 0.6 is 0 Å². The summed E-state index contributed by atoms with van der Waals surface area (Å²) in [5, 5.41) is 10.1. The molecule has 0 aliphatic rings. The van der Waals surface area contributed by atoms with Crippen molar-refractivity contribution >= 4 is 77.2 Å². The van der Waals surface area contributed by atoms with Crippen molar-refractivity contribution in [2.45, 2.75) is 0 Å². The molecule has 0 amide bonds. The molecule has 0 aromatic heterocycles. The Morgan fingerprint density at radius 1 is 0.204 bits per heavy atom. The van der Waals surface area contributed by atoms with E-state index >= 15 is 0 Å². The number of anilines is 6. The van der Waals surface area contributed by atoms with E-state index in [9.17, 15) is 0 Å². The lowest BCUT2D eigenvalue weighted by molar-refractivity contribution is 1.28. The molecule has 0 N–H and O–H groups in total. The van der Waals surface area contributed by atoms with E-state index in [2.05, 4.69) is 228 Å². The molecule has 0 atom stereocenters. The van der Waals surface area contributed by atoms with Crippen LogP contribution in [0, 0.1) is 0 Å². The van der Waals surface area contributed by atoms with E-state index in [0.717, 1.165) is 34.1 Å². The van der Waals surface area contributed by atoms with Crippen LogP contribution in [0.25, 0.3) is 54.2 Å². The molecule has 0 aliphatic carbocycles. The second-order valence-corrected chi connectivity index (χ2v) is 13.8. The molecule has 0 saturated carbocycles. The van der Waals surface area contributed by atoms with Crippen molar-refractivity contribution < 1.29 is 0 Å². The zero-order valence-electron chi connectivity index (χ0n) is 29.7. The zero-order valence-corrected chi connectivity index (χ0v) is 29.7. The number of para-hydroxylation sites is 2. The first kappa shape index (κ1) is 31.6. The molecule has 0 fully saturated rings. The highest BCUT2D eigenvalue weighted by Gasteiger charge is 2.16. The van der Waals surface area contributed by atoms with Crippen LogP contribution in [-0.2, 0) is 0 Å². The average molecular weight is 689 g/mol. The molecule has 0 radical (unpaired) electrons. The van der Waals surface area contributed by atoms with E-state index in [-0.39, 0.29) is 0 Å². The van der Waals surface area contributed by atoms with E-state index in [1.165, 1.54) is 54.2 Å². The summed E-state index contributed by atoms with van der Waals surface area (Å²) in [5.74, 6) is 0. The lowest BCUT2D eigenvalue weighted by atomic mass is 10.0. The van der Waals surface area contributed by atoms with Crippen LogP contribution in [-0.4, -0.2) is 0 Å². The molecule has 0 spiro atoms. The standard InChI is InChI=1S/C52H36N2/c1-3-13-43(14-4-1)53(47-31-33-51-41(35-47)21-19-39-11-7-9-17-49(39)51)45-27-23-37(24-28-45)38-25-29-46(30-26-38)54(44-15-5-2-6-16-44)48-32-34-52-42(36-48)22-20-40-12-8-10-18-50(40)52/h1-36H. The summed E-state index contributed by atoms with van der Waals surface area (Å²) >= 11 is 0. The second-order valence-electron chi connectivity index (χ2n) is 13.8. The van der Waals surface area contributed by atoms with Gasteiger partial charge in [-0.05, 0) is 127 Å². The van der Waals surface area contributed by atoms with Crippen LogP contribution in [0.15, 0.2) is 218 Å². The molecule has 2 nitrogen and oxygen atoms in total. The molecule has 0 unspecified atom stereocenters. The first-order valence-electron chi connectivity index (χ1n) is 18.5. The maximum atomic E-state index is 2.34. The van der Waals surface area contributed by atoms with E-state index in [1.807, 2.05) is 0 Å². The average Bonchev–Trinajstić information content (AvgIpc) is 3.25. The van der Waals surface area contributed by atoms with E-state index in [1.54, 1.807) is 0 Å². The Kier molecular flexibility index (Phi) is 7.85. The number of hydrogen-bond donors (Lipinski definition) is 0. The van der Waals surface area contributed by atoms with Crippen LogP contribution in [0.2, 0.25) is 0 Å². The van der Waals surface area contributed by atoms with E-state index < -0.39 is 0 Å². The van der Waals surface area contributed by atoms with Crippen LogP contribution in [0.5, 0.6) is 0 Å².